The first kappa shape index (κ1) is 41.7. The summed E-state index contributed by atoms with van der Waals surface area (Å²) < 4.78 is 42.3. The zero-order chi connectivity index (χ0) is 40.1. The van der Waals surface area contributed by atoms with Crippen molar-refractivity contribution in [1.29, 1.82) is 0 Å². The molecule has 23 atom stereocenters. The highest BCUT2D eigenvalue weighted by molar-refractivity contribution is 5.74. The molecule has 0 aromatic heterocycles. The van der Waals surface area contributed by atoms with E-state index in [4.69, 9.17) is 33.2 Å². The molecule has 6 N–H and O–H groups in total. The van der Waals surface area contributed by atoms with Gasteiger partial charge in [0.1, 0.15) is 18.3 Å². The fourth-order valence-electron chi connectivity index (χ4n) is 13.4. The van der Waals surface area contributed by atoms with E-state index < -0.39 is 90.9 Å². The van der Waals surface area contributed by atoms with Crippen LogP contribution >= 0.6 is 0 Å². The predicted octanol–water partition coefficient (Wildman–Crippen LogP) is 2.54. The van der Waals surface area contributed by atoms with Crippen LogP contribution in [0.2, 0.25) is 0 Å². The minimum absolute atomic E-state index is 0.0169. The molecule has 0 aromatic rings. The Bertz CT molecular complexity index is 1380. The summed E-state index contributed by atoms with van der Waals surface area (Å²) in [5, 5.41) is 67.1. The average molecular weight is 797 g/mol. The molecular weight excluding hydrogens is 728 g/mol. The van der Waals surface area contributed by atoms with Gasteiger partial charge in [0.25, 0.3) is 0 Å². The summed E-state index contributed by atoms with van der Waals surface area (Å²) in [5.74, 6) is 0.321. The number of fused-ring (bicyclic) bond motifs is 5. The van der Waals surface area contributed by atoms with Gasteiger partial charge < -0.3 is 63.8 Å². The highest BCUT2D eigenvalue weighted by Crippen LogP contribution is 2.70. The molecule has 56 heavy (non-hydrogen) atoms. The normalized spacial score (nSPS) is 57.5. The monoisotopic (exact) mass is 796 g/mol. The molecule has 4 heterocycles. The van der Waals surface area contributed by atoms with Gasteiger partial charge in [0.2, 0.25) is 0 Å². The maximum Gasteiger partial charge on any atom is 0.309 e. The lowest BCUT2D eigenvalue weighted by Gasteiger charge is -2.65. The lowest BCUT2D eigenvalue weighted by Crippen LogP contribution is -2.67. The first-order valence-corrected chi connectivity index (χ1v) is 21.7. The summed E-state index contributed by atoms with van der Waals surface area (Å²) in [7, 11) is 0. The molecule has 320 valence electrons. The molecule has 8 rings (SSSR count). The summed E-state index contributed by atoms with van der Waals surface area (Å²) in [5.41, 5.74) is -1.71. The van der Waals surface area contributed by atoms with Crippen molar-refractivity contribution in [3.05, 3.63) is 0 Å². The summed E-state index contributed by atoms with van der Waals surface area (Å²) >= 11 is 0. The van der Waals surface area contributed by atoms with E-state index in [0.717, 1.165) is 38.5 Å². The standard InChI is InChI=1S/C42H68O14/c1-19-25(18-50-39(19)48)26-10-12-42(49)27-8-7-23-13-24(9-11-40(23,5)28(27)14-32(46)41(26,42)6)54-33-16-30(44)37(21(3)52-33)56-35-17-31(45)38(22(4)53-35)55-34-15-29(43)36(47)20(2)51-34/h19-38,43-47,49H,7-18H2,1-6H3/t19?,20-,21-,22-,23-,24+,25?,26-,27-,28+,29+,30+,31+,32-,33+,34+,35+,36-,37-,38-,40+,41+,42+/m1/s1. The van der Waals surface area contributed by atoms with E-state index in [-0.39, 0.29) is 66.3 Å². The highest BCUT2D eigenvalue weighted by Gasteiger charge is 2.71. The molecule has 0 amide bonds. The molecule has 4 saturated carbocycles. The van der Waals surface area contributed by atoms with E-state index in [0.29, 0.717) is 25.4 Å². The minimum Gasteiger partial charge on any atom is -0.465 e. The minimum atomic E-state index is -1.00. The highest BCUT2D eigenvalue weighted by atomic mass is 16.7. The van der Waals surface area contributed by atoms with Gasteiger partial charge in [0, 0.05) is 30.6 Å². The molecule has 4 aliphatic carbocycles. The van der Waals surface area contributed by atoms with Crippen molar-refractivity contribution in [2.45, 2.75) is 204 Å². The smallest absolute Gasteiger partial charge is 0.309 e. The largest absolute Gasteiger partial charge is 0.465 e. The van der Waals surface area contributed by atoms with E-state index in [9.17, 15) is 35.4 Å². The van der Waals surface area contributed by atoms with Crippen LogP contribution in [-0.4, -0.2) is 135 Å². The number of rotatable bonds is 7. The van der Waals surface area contributed by atoms with Crippen LogP contribution in [0.1, 0.15) is 112 Å². The lowest BCUT2D eigenvalue weighted by atomic mass is 9.42. The van der Waals surface area contributed by atoms with Crippen molar-refractivity contribution in [3.8, 4) is 0 Å². The molecule has 0 spiro atoms. The second kappa shape index (κ2) is 15.5. The number of hydrogen-bond donors (Lipinski definition) is 6. The van der Waals surface area contributed by atoms with Crippen LogP contribution in [0.4, 0.5) is 0 Å². The molecular formula is C42H68O14. The Morgan fingerprint density at radius 1 is 0.643 bits per heavy atom. The van der Waals surface area contributed by atoms with Crippen molar-refractivity contribution in [2.24, 2.45) is 46.3 Å². The van der Waals surface area contributed by atoms with Gasteiger partial charge in [-0.15, -0.1) is 0 Å². The molecule has 8 fully saturated rings. The number of aliphatic hydroxyl groups excluding tert-OH is 5. The van der Waals surface area contributed by atoms with Gasteiger partial charge >= 0.3 is 5.97 Å². The Hall–Kier alpha value is -1.01. The number of esters is 1. The van der Waals surface area contributed by atoms with Gasteiger partial charge in [-0.3, -0.25) is 4.79 Å². The molecule has 0 radical (unpaired) electrons. The lowest BCUT2D eigenvalue weighted by molar-refractivity contribution is -0.336. The third-order valence-electron chi connectivity index (χ3n) is 16.8. The molecule has 0 bridgehead atoms. The topological polar surface area (TPSA) is 203 Å². The van der Waals surface area contributed by atoms with Gasteiger partial charge in [0.15, 0.2) is 18.9 Å². The summed E-state index contributed by atoms with van der Waals surface area (Å²) in [4.78, 5) is 12.4. The number of hydrogen-bond acceptors (Lipinski definition) is 14. The van der Waals surface area contributed by atoms with Crippen LogP contribution in [0.25, 0.3) is 0 Å². The molecule has 4 saturated heterocycles. The fourth-order valence-corrected chi connectivity index (χ4v) is 13.4. The zero-order valence-corrected chi connectivity index (χ0v) is 34.0. The molecule has 14 heteroatoms. The number of aliphatic hydroxyl groups is 6. The van der Waals surface area contributed by atoms with Crippen LogP contribution in [0.15, 0.2) is 0 Å². The van der Waals surface area contributed by atoms with Crippen molar-refractivity contribution < 1.29 is 68.6 Å². The number of cyclic esters (lactones) is 1. The Kier molecular flexibility index (Phi) is 11.5. The van der Waals surface area contributed by atoms with Crippen LogP contribution in [-0.2, 0) is 38.0 Å². The van der Waals surface area contributed by atoms with Crippen molar-refractivity contribution >= 4 is 5.97 Å². The first-order chi connectivity index (χ1) is 26.4. The van der Waals surface area contributed by atoms with Crippen LogP contribution in [0.3, 0.4) is 0 Å². The summed E-state index contributed by atoms with van der Waals surface area (Å²) in [6.07, 6.45) is -2.87. The van der Waals surface area contributed by atoms with Gasteiger partial charge in [0.05, 0.1) is 67.0 Å². The van der Waals surface area contributed by atoms with Crippen molar-refractivity contribution in [2.75, 3.05) is 6.61 Å². The van der Waals surface area contributed by atoms with E-state index in [1.54, 1.807) is 13.8 Å². The SMILES string of the molecule is CC1C(=O)OCC1[C@H]1CC[C@]2(O)[C@@H]3CC[C@@H]4C[C@@H](O[C@H]5C[C@H](O)[C@H](O[C@H]6C[C@H](O)[C@H](O[C@H]7C[C@H](O)[C@H](O)[C@@H](C)O7)[C@@H](C)O6)[C@@H](C)O5)CC[C@]4(C)[C@H]3C[C@@H](O)[C@]12C. The molecule has 8 aliphatic rings. The predicted molar refractivity (Wildman–Crippen MR) is 197 cm³/mol. The Morgan fingerprint density at radius 2 is 1.23 bits per heavy atom. The van der Waals surface area contributed by atoms with Crippen molar-refractivity contribution in [3.63, 3.8) is 0 Å². The second-order valence-corrected chi connectivity index (χ2v) is 19.6. The number of ether oxygens (including phenoxy) is 7. The number of carbonyl (C=O) groups excluding carboxylic acids is 1. The quantitative estimate of drug-likeness (QED) is 0.162. The van der Waals surface area contributed by atoms with Gasteiger partial charge in [-0.25, -0.2) is 0 Å². The Labute approximate surface area is 330 Å². The molecule has 4 aliphatic heterocycles. The van der Waals surface area contributed by atoms with Gasteiger partial charge in [-0.2, -0.15) is 0 Å². The fraction of sp³-hybridized carbons (Fsp3) is 0.976. The molecule has 14 nitrogen and oxygen atoms in total. The van der Waals surface area contributed by atoms with Crippen LogP contribution in [0, 0.1) is 46.3 Å². The maximum absolute atomic E-state index is 12.7. The van der Waals surface area contributed by atoms with E-state index >= 15 is 0 Å². The van der Waals surface area contributed by atoms with Gasteiger partial charge in [-0.05, 0) is 101 Å². The van der Waals surface area contributed by atoms with E-state index in [1.165, 1.54) is 0 Å². The van der Waals surface area contributed by atoms with Gasteiger partial charge in [-0.1, -0.05) is 20.8 Å². The van der Waals surface area contributed by atoms with E-state index in [2.05, 4.69) is 13.8 Å². The average Bonchev–Trinajstić information content (AvgIpc) is 3.61. The zero-order valence-electron chi connectivity index (χ0n) is 34.0. The summed E-state index contributed by atoms with van der Waals surface area (Å²) in [6.45, 7) is 12.0. The molecule has 0 aromatic carbocycles. The van der Waals surface area contributed by atoms with Crippen molar-refractivity contribution in [1.82, 2.24) is 0 Å². The molecule has 2 unspecified atom stereocenters. The maximum atomic E-state index is 12.7. The van der Waals surface area contributed by atoms with E-state index in [1.807, 2.05) is 13.8 Å². The summed E-state index contributed by atoms with van der Waals surface area (Å²) in [6, 6.07) is 0. The number of carbonyl (C=O) groups is 1. The Morgan fingerprint density at radius 3 is 1.80 bits per heavy atom. The second-order valence-electron chi connectivity index (χ2n) is 19.6. The van der Waals surface area contributed by atoms with Crippen LogP contribution in [0.5, 0.6) is 0 Å². The van der Waals surface area contributed by atoms with Crippen LogP contribution < -0.4 is 0 Å². The third-order valence-corrected chi connectivity index (χ3v) is 16.8. The Balaban J connectivity index is 0.838. The first-order valence-electron chi connectivity index (χ1n) is 21.7. The third kappa shape index (κ3) is 6.91.